The van der Waals surface area contributed by atoms with E-state index in [1.807, 2.05) is 75.1 Å². The lowest BCUT2D eigenvalue weighted by atomic mass is 9.60. The Kier molecular flexibility index (Phi) is 5.59. The largest absolute Gasteiger partial charge is 0.462 e. The number of rotatable bonds is 3. The summed E-state index contributed by atoms with van der Waals surface area (Å²) in [6.07, 6.45) is 0.766. The summed E-state index contributed by atoms with van der Waals surface area (Å²) in [4.78, 5) is 45.6. The molecule has 0 saturated heterocycles. The molecule has 2 aliphatic heterocycles. The van der Waals surface area contributed by atoms with Crippen molar-refractivity contribution in [3.63, 3.8) is 0 Å². The van der Waals surface area contributed by atoms with E-state index in [0.29, 0.717) is 28.9 Å². The molecule has 2 heterocycles. The maximum absolute atomic E-state index is 14.4. The SMILES string of the molecule is CCOC(=O)C1=C(N)N(c2cccc(C)c2C)C2=C(C(=O)CC(C)(C)C2)C12C(=O)N(C)c1ccccc12. The first-order chi connectivity index (χ1) is 17.5. The number of Topliss-reactive ketones (excluding diaryl/α,β-unsaturated/α-hetero) is 1. The highest BCUT2D eigenvalue weighted by atomic mass is 16.5. The number of amides is 1. The second kappa shape index (κ2) is 8.33. The van der Waals surface area contributed by atoms with Crippen LogP contribution in [0.4, 0.5) is 11.4 Å². The second-order valence-corrected chi connectivity index (χ2v) is 10.9. The molecule has 2 aromatic rings. The van der Waals surface area contributed by atoms with Gasteiger partial charge >= 0.3 is 5.97 Å². The smallest absolute Gasteiger partial charge is 0.339 e. The van der Waals surface area contributed by atoms with Crippen molar-refractivity contribution < 1.29 is 19.1 Å². The molecule has 0 fully saturated rings. The Hall–Kier alpha value is -3.87. The highest BCUT2D eigenvalue weighted by Gasteiger charge is 2.64. The van der Waals surface area contributed by atoms with Crippen LogP contribution >= 0.6 is 0 Å². The number of anilines is 2. The van der Waals surface area contributed by atoms with Crippen LogP contribution in [0.3, 0.4) is 0 Å². The molecule has 0 aromatic heterocycles. The molecule has 1 unspecified atom stereocenters. The average molecular weight is 500 g/mol. The molecule has 2 N–H and O–H groups in total. The Labute approximate surface area is 217 Å². The van der Waals surface area contributed by atoms with Crippen molar-refractivity contribution >= 4 is 29.0 Å². The Morgan fingerprint density at radius 2 is 1.70 bits per heavy atom. The Morgan fingerprint density at radius 3 is 2.41 bits per heavy atom. The van der Waals surface area contributed by atoms with Crippen LogP contribution in [0.5, 0.6) is 0 Å². The third-order valence-corrected chi connectivity index (χ3v) is 7.96. The Bertz CT molecular complexity index is 1430. The van der Waals surface area contributed by atoms with Gasteiger partial charge in [0.1, 0.15) is 16.8 Å². The van der Waals surface area contributed by atoms with Gasteiger partial charge in [0.25, 0.3) is 0 Å². The fraction of sp³-hybridized carbons (Fsp3) is 0.367. The van der Waals surface area contributed by atoms with Gasteiger partial charge in [0.15, 0.2) is 5.78 Å². The number of carbonyl (C=O) groups excluding carboxylic acids is 3. The number of esters is 1. The second-order valence-electron chi connectivity index (χ2n) is 10.9. The number of hydrogen-bond donors (Lipinski definition) is 1. The van der Waals surface area contributed by atoms with Crippen molar-refractivity contribution in [2.75, 3.05) is 23.5 Å². The average Bonchev–Trinajstić information content (AvgIpc) is 3.04. The molecular formula is C30H33N3O4. The summed E-state index contributed by atoms with van der Waals surface area (Å²) < 4.78 is 5.52. The minimum atomic E-state index is -1.67. The standard InChI is InChI=1S/C30H33N3O4/c1-7-37-27(35)25-26(31)33(20-14-10-11-17(2)18(20)3)22-15-29(4,5)16-23(34)24(22)30(25)19-12-8-9-13-21(19)32(6)28(30)36/h8-14H,7,15-16,31H2,1-6H3. The van der Waals surface area contributed by atoms with E-state index in [9.17, 15) is 14.4 Å². The molecule has 1 atom stereocenters. The molecule has 2 aromatic carbocycles. The molecule has 3 aliphatic rings. The van der Waals surface area contributed by atoms with E-state index in [1.54, 1.807) is 14.0 Å². The van der Waals surface area contributed by atoms with Crippen LogP contribution in [-0.2, 0) is 24.5 Å². The summed E-state index contributed by atoms with van der Waals surface area (Å²) in [6, 6.07) is 13.2. The molecule has 1 amide bonds. The molecule has 192 valence electrons. The van der Waals surface area contributed by atoms with E-state index in [4.69, 9.17) is 10.5 Å². The number of hydrogen-bond acceptors (Lipinski definition) is 6. The van der Waals surface area contributed by atoms with E-state index in [1.165, 1.54) is 4.90 Å². The number of carbonyl (C=O) groups is 3. The zero-order valence-electron chi connectivity index (χ0n) is 22.3. The first-order valence-electron chi connectivity index (χ1n) is 12.7. The van der Waals surface area contributed by atoms with E-state index in [-0.39, 0.29) is 41.5 Å². The highest BCUT2D eigenvalue weighted by Crippen LogP contribution is 2.58. The fourth-order valence-electron chi connectivity index (χ4n) is 6.24. The highest BCUT2D eigenvalue weighted by molar-refractivity contribution is 6.24. The number of aryl methyl sites for hydroxylation is 1. The minimum absolute atomic E-state index is 0.00358. The zero-order chi connectivity index (χ0) is 26.9. The lowest BCUT2D eigenvalue weighted by molar-refractivity contribution is -0.140. The van der Waals surface area contributed by atoms with Crippen molar-refractivity contribution in [3.8, 4) is 0 Å². The summed E-state index contributed by atoms with van der Waals surface area (Å²) in [5.74, 6) is -1.11. The van der Waals surface area contributed by atoms with E-state index in [0.717, 1.165) is 16.8 Å². The van der Waals surface area contributed by atoms with Crippen molar-refractivity contribution in [2.45, 2.75) is 52.9 Å². The summed E-state index contributed by atoms with van der Waals surface area (Å²) in [5, 5.41) is 0. The van der Waals surface area contributed by atoms with E-state index < -0.39 is 11.4 Å². The molecule has 0 saturated carbocycles. The summed E-state index contributed by atoms with van der Waals surface area (Å²) >= 11 is 0. The van der Waals surface area contributed by atoms with Crippen molar-refractivity contribution in [1.82, 2.24) is 0 Å². The molecule has 7 nitrogen and oxygen atoms in total. The van der Waals surface area contributed by atoms with Gasteiger partial charge in [-0.05, 0) is 55.9 Å². The molecule has 0 bridgehead atoms. The number of fused-ring (bicyclic) bond motifs is 3. The van der Waals surface area contributed by atoms with Crippen molar-refractivity contribution in [3.05, 3.63) is 81.8 Å². The van der Waals surface area contributed by atoms with Crippen LogP contribution in [0.25, 0.3) is 0 Å². The predicted octanol–water partition coefficient (Wildman–Crippen LogP) is 4.41. The number of likely N-dealkylation sites (N-methyl/N-ethyl adjacent to an activating group) is 1. The van der Waals surface area contributed by atoms with Gasteiger partial charge in [-0.1, -0.05) is 44.2 Å². The zero-order valence-corrected chi connectivity index (χ0v) is 22.3. The van der Waals surface area contributed by atoms with Gasteiger partial charge in [-0.15, -0.1) is 0 Å². The fourth-order valence-corrected chi connectivity index (χ4v) is 6.24. The molecule has 7 heteroatoms. The molecule has 0 radical (unpaired) electrons. The van der Waals surface area contributed by atoms with E-state index >= 15 is 0 Å². The molecule has 1 aliphatic carbocycles. The number of ether oxygens (including phenoxy) is 1. The van der Waals surface area contributed by atoms with Crippen LogP contribution in [0.2, 0.25) is 0 Å². The first-order valence-corrected chi connectivity index (χ1v) is 12.7. The number of nitrogens with zero attached hydrogens (tertiary/aromatic N) is 2. The van der Waals surface area contributed by atoms with Gasteiger partial charge in [0.05, 0.1) is 12.3 Å². The predicted molar refractivity (Wildman–Crippen MR) is 143 cm³/mol. The Morgan fingerprint density at radius 1 is 1.03 bits per heavy atom. The van der Waals surface area contributed by atoms with Crippen molar-refractivity contribution in [1.29, 1.82) is 0 Å². The summed E-state index contributed by atoms with van der Waals surface area (Å²) in [7, 11) is 1.67. The summed E-state index contributed by atoms with van der Waals surface area (Å²) in [5.41, 5.74) is 9.95. The number of benzene rings is 2. The molecule has 37 heavy (non-hydrogen) atoms. The van der Waals surface area contributed by atoms with Crippen molar-refractivity contribution in [2.24, 2.45) is 11.1 Å². The Balaban J connectivity index is 1.96. The first kappa shape index (κ1) is 24.8. The number of para-hydroxylation sites is 1. The molecule has 5 rings (SSSR count). The van der Waals surface area contributed by atoms with Gasteiger partial charge in [0.2, 0.25) is 5.91 Å². The topological polar surface area (TPSA) is 92.9 Å². The number of allylic oxidation sites excluding steroid dienone is 1. The third kappa shape index (κ3) is 3.29. The van der Waals surface area contributed by atoms with Gasteiger partial charge < -0.3 is 15.4 Å². The molecule has 1 spiro atoms. The normalized spacial score (nSPS) is 22.5. The number of nitrogens with two attached hydrogens (primary N) is 1. The lowest BCUT2D eigenvalue weighted by Gasteiger charge is -2.48. The van der Waals surface area contributed by atoms with Gasteiger partial charge in [-0.2, -0.15) is 0 Å². The lowest BCUT2D eigenvalue weighted by Crippen LogP contribution is -2.55. The van der Waals surface area contributed by atoms with Gasteiger partial charge in [-0.25, -0.2) is 4.79 Å². The van der Waals surface area contributed by atoms with Crippen LogP contribution in [0, 0.1) is 19.3 Å². The maximum atomic E-state index is 14.4. The quantitative estimate of drug-likeness (QED) is 0.629. The maximum Gasteiger partial charge on any atom is 0.339 e. The van der Waals surface area contributed by atoms with Crippen LogP contribution in [-0.4, -0.2) is 31.3 Å². The third-order valence-electron chi connectivity index (χ3n) is 7.96. The minimum Gasteiger partial charge on any atom is -0.462 e. The van der Waals surface area contributed by atoms with Gasteiger partial charge in [0, 0.05) is 36.0 Å². The van der Waals surface area contributed by atoms with E-state index in [2.05, 4.69) is 0 Å². The van der Waals surface area contributed by atoms with Gasteiger partial charge in [-0.3, -0.25) is 14.5 Å². The monoisotopic (exact) mass is 499 g/mol. The van der Waals surface area contributed by atoms with Crippen LogP contribution < -0.4 is 15.5 Å². The van der Waals surface area contributed by atoms with Crippen LogP contribution in [0.1, 0.15) is 50.3 Å². The molecular weight excluding hydrogens is 466 g/mol. The summed E-state index contributed by atoms with van der Waals surface area (Å²) in [6.45, 7) is 9.90. The number of ketones is 1. The van der Waals surface area contributed by atoms with Crippen LogP contribution in [0.15, 0.2) is 65.1 Å².